The lowest BCUT2D eigenvalue weighted by Gasteiger charge is -2.07. The molecule has 0 saturated carbocycles. The summed E-state index contributed by atoms with van der Waals surface area (Å²) >= 11 is 5.93. The maximum Gasteiger partial charge on any atom is 0.291 e. The van der Waals surface area contributed by atoms with Crippen molar-refractivity contribution in [2.75, 3.05) is 7.11 Å². The largest absolute Gasteiger partial charge is 0.497 e. The van der Waals surface area contributed by atoms with Crippen LogP contribution in [0.3, 0.4) is 0 Å². The van der Waals surface area contributed by atoms with Crippen molar-refractivity contribution in [1.29, 1.82) is 0 Å². The lowest BCUT2D eigenvalue weighted by molar-refractivity contribution is 0.0940. The summed E-state index contributed by atoms with van der Waals surface area (Å²) in [4.78, 5) is 21.1. The van der Waals surface area contributed by atoms with E-state index in [0.29, 0.717) is 28.2 Å². The van der Waals surface area contributed by atoms with Gasteiger partial charge in [-0.15, -0.1) is 5.10 Å². The molecule has 162 valence electrons. The molecule has 9 heteroatoms. The van der Waals surface area contributed by atoms with Crippen LogP contribution in [0, 0.1) is 6.92 Å². The van der Waals surface area contributed by atoms with Crippen LogP contribution in [0.25, 0.3) is 5.69 Å². The lowest BCUT2D eigenvalue weighted by Crippen LogP contribution is -2.24. The third kappa shape index (κ3) is 5.04. The number of amides is 1. The molecule has 0 saturated heterocycles. The van der Waals surface area contributed by atoms with E-state index >= 15 is 0 Å². The number of nitrogens with one attached hydrogen (secondary N) is 1. The molecule has 0 spiro atoms. The molecule has 0 radical (unpaired) electrons. The quantitative estimate of drug-likeness (QED) is 0.451. The standard InChI is InChI=1S/C23H20ClN5O3/c1-15-27-22(28-29(15)18-9-7-17(24)8-10-18)23(30)26-14-16-6-11-21(25-13-16)32-20-5-3-4-19(12-20)31-2/h3-13H,14H2,1-2H3,(H,26,30). The summed E-state index contributed by atoms with van der Waals surface area (Å²) in [6, 6.07) is 18.0. The summed E-state index contributed by atoms with van der Waals surface area (Å²) in [5.41, 5.74) is 1.58. The monoisotopic (exact) mass is 449 g/mol. The first-order valence-corrected chi connectivity index (χ1v) is 10.1. The van der Waals surface area contributed by atoms with Crippen LogP contribution in [-0.2, 0) is 6.54 Å². The second-order valence-electron chi connectivity index (χ2n) is 6.84. The molecule has 0 aliphatic carbocycles. The van der Waals surface area contributed by atoms with Crippen LogP contribution in [0.15, 0.2) is 66.9 Å². The Bertz CT molecular complexity index is 1220. The molecule has 0 aliphatic rings. The Kier molecular flexibility index (Phi) is 6.32. The van der Waals surface area contributed by atoms with E-state index in [0.717, 1.165) is 11.3 Å². The van der Waals surface area contributed by atoms with Crippen LogP contribution in [-0.4, -0.2) is 32.8 Å². The molecule has 1 N–H and O–H groups in total. The van der Waals surface area contributed by atoms with Crippen LogP contribution in [0.1, 0.15) is 22.0 Å². The average molecular weight is 450 g/mol. The van der Waals surface area contributed by atoms with E-state index in [1.165, 1.54) is 0 Å². The second kappa shape index (κ2) is 9.49. The molecule has 4 aromatic rings. The number of aromatic nitrogens is 4. The number of pyridine rings is 1. The van der Waals surface area contributed by atoms with E-state index in [1.807, 2.05) is 36.4 Å². The topological polar surface area (TPSA) is 91.2 Å². The number of hydrogen-bond acceptors (Lipinski definition) is 6. The summed E-state index contributed by atoms with van der Waals surface area (Å²) < 4.78 is 12.5. The van der Waals surface area contributed by atoms with Gasteiger partial charge in [-0.3, -0.25) is 4.79 Å². The van der Waals surface area contributed by atoms with Gasteiger partial charge >= 0.3 is 0 Å². The Labute approximate surface area is 189 Å². The molecular weight excluding hydrogens is 430 g/mol. The van der Waals surface area contributed by atoms with Crippen molar-refractivity contribution in [3.05, 3.63) is 89.1 Å². The molecule has 0 bridgehead atoms. The molecular formula is C23H20ClN5O3. The number of hydrogen-bond donors (Lipinski definition) is 1. The molecule has 0 unspecified atom stereocenters. The molecule has 2 heterocycles. The van der Waals surface area contributed by atoms with Gasteiger partial charge in [-0.05, 0) is 48.9 Å². The molecule has 2 aromatic carbocycles. The first kappa shape index (κ1) is 21.3. The zero-order chi connectivity index (χ0) is 22.5. The van der Waals surface area contributed by atoms with E-state index in [2.05, 4.69) is 20.4 Å². The maximum atomic E-state index is 12.5. The number of aryl methyl sites for hydroxylation is 1. The fourth-order valence-corrected chi connectivity index (χ4v) is 3.06. The Morgan fingerprint density at radius 1 is 1.09 bits per heavy atom. The highest BCUT2D eigenvalue weighted by molar-refractivity contribution is 6.30. The van der Waals surface area contributed by atoms with Gasteiger partial charge in [0.25, 0.3) is 5.91 Å². The summed E-state index contributed by atoms with van der Waals surface area (Å²) in [5.74, 6) is 2.06. The van der Waals surface area contributed by atoms with Gasteiger partial charge in [0.15, 0.2) is 0 Å². The maximum absolute atomic E-state index is 12.5. The summed E-state index contributed by atoms with van der Waals surface area (Å²) in [6.45, 7) is 2.06. The molecule has 2 aromatic heterocycles. The highest BCUT2D eigenvalue weighted by Crippen LogP contribution is 2.23. The molecule has 32 heavy (non-hydrogen) atoms. The number of nitrogens with zero attached hydrogens (tertiary/aromatic N) is 4. The van der Waals surface area contributed by atoms with Gasteiger partial charge in [0.05, 0.1) is 12.8 Å². The Morgan fingerprint density at radius 2 is 1.88 bits per heavy atom. The van der Waals surface area contributed by atoms with Crippen molar-refractivity contribution in [1.82, 2.24) is 25.1 Å². The van der Waals surface area contributed by atoms with Crippen molar-refractivity contribution >= 4 is 17.5 Å². The summed E-state index contributed by atoms with van der Waals surface area (Å²) in [5, 5.41) is 7.73. The van der Waals surface area contributed by atoms with Crippen molar-refractivity contribution in [2.24, 2.45) is 0 Å². The minimum absolute atomic E-state index is 0.0865. The van der Waals surface area contributed by atoms with E-state index in [1.54, 1.807) is 49.2 Å². The summed E-state index contributed by atoms with van der Waals surface area (Å²) in [7, 11) is 1.60. The van der Waals surface area contributed by atoms with Gasteiger partial charge in [0.1, 0.15) is 17.3 Å². The van der Waals surface area contributed by atoms with Gasteiger partial charge in [-0.1, -0.05) is 23.7 Å². The van der Waals surface area contributed by atoms with Gasteiger partial charge in [-0.25, -0.2) is 14.6 Å². The average Bonchev–Trinajstić information content (AvgIpc) is 3.20. The van der Waals surface area contributed by atoms with Crippen molar-refractivity contribution in [3.63, 3.8) is 0 Å². The minimum atomic E-state index is -0.377. The molecule has 1 amide bonds. The van der Waals surface area contributed by atoms with Crippen LogP contribution in [0.2, 0.25) is 5.02 Å². The third-order valence-electron chi connectivity index (χ3n) is 4.56. The normalized spacial score (nSPS) is 10.6. The molecule has 4 rings (SSSR count). The zero-order valence-corrected chi connectivity index (χ0v) is 18.2. The lowest BCUT2D eigenvalue weighted by atomic mass is 10.3. The SMILES string of the molecule is COc1cccc(Oc2ccc(CNC(=O)c3nc(C)n(-c4ccc(Cl)cc4)n3)cn2)c1. The van der Waals surface area contributed by atoms with Crippen molar-refractivity contribution in [2.45, 2.75) is 13.5 Å². The van der Waals surface area contributed by atoms with Gasteiger partial charge in [0.2, 0.25) is 11.7 Å². The smallest absolute Gasteiger partial charge is 0.291 e. The Balaban J connectivity index is 1.37. The zero-order valence-electron chi connectivity index (χ0n) is 17.4. The van der Waals surface area contributed by atoms with E-state index in [9.17, 15) is 4.79 Å². The van der Waals surface area contributed by atoms with E-state index < -0.39 is 0 Å². The third-order valence-corrected chi connectivity index (χ3v) is 4.81. The second-order valence-corrected chi connectivity index (χ2v) is 7.28. The van der Waals surface area contributed by atoms with Crippen molar-refractivity contribution in [3.8, 4) is 23.1 Å². The Morgan fingerprint density at radius 3 is 2.59 bits per heavy atom. The number of carbonyl (C=O) groups excluding carboxylic acids is 1. The van der Waals surface area contributed by atoms with Gasteiger partial charge in [0, 0.05) is 29.9 Å². The van der Waals surface area contributed by atoms with E-state index in [4.69, 9.17) is 21.1 Å². The number of benzene rings is 2. The van der Waals surface area contributed by atoms with E-state index in [-0.39, 0.29) is 18.3 Å². The Hall–Kier alpha value is -3.91. The van der Waals surface area contributed by atoms with Crippen LogP contribution < -0.4 is 14.8 Å². The molecule has 0 fully saturated rings. The van der Waals surface area contributed by atoms with Crippen LogP contribution in [0.4, 0.5) is 0 Å². The van der Waals surface area contributed by atoms with Crippen LogP contribution >= 0.6 is 11.6 Å². The molecule has 0 aliphatic heterocycles. The highest BCUT2D eigenvalue weighted by Gasteiger charge is 2.15. The number of ether oxygens (including phenoxy) is 2. The van der Waals surface area contributed by atoms with Gasteiger partial charge < -0.3 is 14.8 Å². The first-order chi connectivity index (χ1) is 15.5. The fourth-order valence-electron chi connectivity index (χ4n) is 2.94. The number of methoxy groups -OCH3 is 1. The fraction of sp³-hybridized carbons (Fsp3) is 0.130. The molecule has 8 nitrogen and oxygen atoms in total. The number of carbonyl (C=O) groups is 1. The number of halogens is 1. The van der Waals surface area contributed by atoms with Crippen LogP contribution in [0.5, 0.6) is 17.4 Å². The summed E-state index contributed by atoms with van der Waals surface area (Å²) in [6.07, 6.45) is 1.64. The van der Waals surface area contributed by atoms with Crippen molar-refractivity contribution < 1.29 is 14.3 Å². The number of rotatable bonds is 7. The first-order valence-electron chi connectivity index (χ1n) is 9.76. The molecule has 0 atom stereocenters. The predicted octanol–water partition coefficient (Wildman–Crippen LogP) is 4.36. The predicted molar refractivity (Wildman–Crippen MR) is 120 cm³/mol. The minimum Gasteiger partial charge on any atom is -0.497 e. The van der Waals surface area contributed by atoms with Gasteiger partial charge in [-0.2, -0.15) is 0 Å². The highest BCUT2D eigenvalue weighted by atomic mass is 35.5.